The SMILES string of the molecule is Cc1nn(Cc2ccc(Br)cc2Cl)cc1CN. The molecule has 1 heterocycles. The monoisotopic (exact) mass is 313 g/mol. The van der Waals surface area contributed by atoms with Crippen LogP contribution in [0.4, 0.5) is 0 Å². The van der Waals surface area contributed by atoms with Crippen LogP contribution in [0.2, 0.25) is 5.02 Å². The molecule has 2 rings (SSSR count). The molecule has 90 valence electrons. The Labute approximate surface area is 114 Å². The number of hydrogen-bond donors (Lipinski definition) is 1. The Bertz CT molecular complexity index is 537. The number of hydrogen-bond acceptors (Lipinski definition) is 2. The minimum absolute atomic E-state index is 0.514. The number of halogens is 2. The molecular weight excluding hydrogens is 302 g/mol. The van der Waals surface area contributed by atoms with Crippen molar-refractivity contribution >= 4 is 27.5 Å². The Balaban J connectivity index is 2.25. The predicted molar refractivity (Wildman–Crippen MR) is 73.1 cm³/mol. The van der Waals surface area contributed by atoms with E-state index in [0.717, 1.165) is 26.3 Å². The summed E-state index contributed by atoms with van der Waals surface area (Å²) in [6.07, 6.45) is 1.97. The van der Waals surface area contributed by atoms with Gasteiger partial charge in [0.1, 0.15) is 0 Å². The maximum atomic E-state index is 6.16. The van der Waals surface area contributed by atoms with Crippen molar-refractivity contribution in [3.63, 3.8) is 0 Å². The van der Waals surface area contributed by atoms with Crippen LogP contribution in [0.5, 0.6) is 0 Å². The molecule has 3 nitrogen and oxygen atoms in total. The molecule has 2 N–H and O–H groups in total. The van der Waals surface area contributed by atoms with Crippen molar-refractivity contribution in [1.82, 2.24) is 9.78 Å². The number of rotatable bonds is 3. The van der Waals surface area contributed by atoms with E-state index in [1.54, 1.807) is 0 Å². The summed E-state index contributed by atoms with van der Waals surface area (Å²) < 4.78 is 2.85. The van der Waals surface area contributed by atoms with E-state index in [-0.39, 0.29) is 0 Å². The van der Waals surface area contributed by atoms with E-state index in [4.69, 9.17) is 17.3 Å². The van der Waals surface area contributed by atoms with Gasteiger partial charge >= 0.3 is 0 Å². The van der Waals surface area contributed by atoms with Crippen LogP contribution in [-0.4, -0.2) is 9.78 Å². The predicted octanol–water partition coefficient (Wildman–Crippen LogP) is 3.11. The molecule has 5 heteroatoms. The van der Waals surface area contributed by atoms with E-state index in [1.165, 1.54) is 0 Å². The van der Waals surface area contributed by atoms with E-state index in [2.05, 4.69) is 21.0 Å². The average Bonchev–Trinajstić information content (AvgIpc) is 2.63. The van der Waals surface area contributed by atoms with Crippen molar-refractivity contribution in [2.75, 3.05) is 0 Å². The van der Waals surface area contributed by atoms with Gasteiger partial charge in [-0.05, 0) is 24.6 Å². The van der Waals surface area contributed by atoms with Gasteiger partial charge in [-0.25, -0.2) is 0 Å². The lowest BCUT2D eigenvalue weighted by molar-refractivity contribution is 0.679. The van der Waals surface area contributed by atoms with Crippen LogP contribution in [0, 0.1) is 6.92 Å². The smallest absolute Gasteiger partial charge is 0.0674 e. The van der Waals surface area contributed by atoms with Crippen LogP contribution in [0.15, 0.2) is 28.9 Å². The molecule has 17 heavy (non-hydrogen) atoms. The Morgan fingerprint density at radius 1 is 1.41 bits per heavy atom. The minimum Gasteiger partial charge on any atom is -0.326 e. The summed E-state index contributed by atoms with van der Waals surface area (Å²) in [5, 5.41) is 5.14. The van der Waals surface area contributed by atoms with Gasteiger partial charge in [0, 0.05) is 27.8 Å². The summed E-state index contributed by atoms with van der Waals surface area (Å²) in [4.78, 5) is 0. The third kappa shape index (κ3) is 2.89. The number of aromatic nitrogens is 2. The summed E-state index contributed by atoms with van der Waals surface area (Å²) in [6, 6.07) is 5.85. The van der Waals surface area contributed by atoms with Gasteiger partial charge in [0.05, 0.1) is 12.2 Å². The lowest BCUT2D eigenvalue weighted by Gasteiger charge is -2.04. The van der Waals surface area contributed by atoms with Gasteiger partial charge in [-0.15, -0.1) is 0 Å². The molecule has 0 aliphatic heterocycles. The highest BCUT2D eigenvalue weighted by molar-refractivity contribution is 9.10. The molecule has 0 fully saturated rings. The van der Waals surface area contributed by atoms with E-state index < -0.39 is 0 Å². The number of benzene rings is 1. The molecule has 1 aromatic heterocycles. The zero-order valence-electron chi connectivity index (χ0n) is 9.45. The van der Waals surface area contributed by atoms with Crippen molar-refractivity contribution in [2.24, 2.45) is 5.73 Å². The first-order chi connectivity index (χ1) is 8.10. The Morgan fingerprint density at radius 3 is 2.76 bits per heavy atom. The summed E-state index contributed by atoms with van der Waals surface area (Å²) in [7, 11) is 0. The van der Waals surface area contributed by atoms with Gasteiger partial charge in [-0.1, -0.05) is 33.6 Å². The molecule has 0 saturated heterocycles. The Hall–Kier alpha value is -0.840. The van der Waals surface area contributed by atoms with E-state index in [9.17, 15) is 0 Å². The van der Waals surface area contributed by atoms with Crippen molar-refractivity contribution < 1.29 is 0 Å². The molecule has 0 atom stereocenters. The topological polar surface area (TPSA) is 43.8 Å². The Morgan fingerprint density at radius 2 is 2.18 bits per heavy atom. The van der Waals surface area contributed by atoms with Gasteiger partial charge in [0.25, 0.3) is 0 Å². The van der Waals surface area contributed by atoms with E-state index >= 15 is 0 Å². The van der Waals surface area contributed by atoms with E-state index in [0.29, 0.717) is 13.1 Å². The molecule has 1 aromatic carbocycles. The van der Waals surface area contributed by atoms with Crippen LogP contribution in [0.25, 0.3) is 0 Å². The molecule has 2 aromatic rings. The summed E-state index contributed by atoms with van der Waals surface area (Å²) in [5.41, 5.74) is 8.70. The van der Waals surface area contributed by atoms with Gasteiger partial charge in [0.2, 0.25) is 0 Å². The van der Waals surface area contributed by atoms with Crippen molar-refractivity contribution in [1.29, 1.82) is 0 Å². The average molecular weight is 315 g/mol. The second-order valence-corrected chi connectivity index (χ2v) is 5.20. The quantitative estimate of drug-likeness (QED) is 0.946. The maximum absolute atomic E-state index is 6.16. The number of nitrogens with two attached hydrogens (primary N) is 1. The normalized spacial score (nSPS) is 10.8. The fourth-order valence-corrected chi connectivity index (χ4v) is 2.40. The van der Waals surface area contributed by atoms with Crippen LogP contribution < -0.4 is 5.73 Å². The largest absolute Gasteiger partial charge is 0.326 e. The number of aryl methyl sites for hydroxylation is 1. The molecule has 0 aliphatic rings. The minimum atomic E-state index is 0.514. The second-order valence-electron chi connectivity index (χ2n) is 3.88. The Kier molecular flexibility index (Phi) is 3.86. The molecule has 0 aliphatic carbocycles. The summed E-state index contributed by atoms with van der Waals surface area (Å²) in [6.45, 7) is 3.13. The van der Waals surface area contributed by atoms with Gasteiger partial charge in [-0.2, -0.15) is 5.10 Å². The number of nitrogens with zero attached hydrogens (tertiary/aromatic N) is 2. The highest BCUT2D eigenvalue weighted by atomic mass is 79.9. The van der Waals surface area contributed by atoms with Crippen molar-refractivity contribution in [3.8, 4) is 0 Å². The standard InChI is InChI=1S/C12H13BrClN3/c1-8-10(5-15)7-17(16-8)6-9-2-3-11(13)4-12(9)14/h2-4,7H,5-6,15H2,1H3. The molecule has 0 radical (unpaired) electrons. The van der Waals surface area contributed by atoms with Gasteiger partial charge in [0.15, 0.2) is 0 Å². The summed E-state index contributed by atoms with van der Waals surface area (Å²) in [5.74, 6) is 0. The lowest BCUT2D eigenvalue weighted by Crippen LogP contribution is -2.01. The first kappa shape index (κ1) is 12.6. The molecule has 0 bridgehead atoms. The zero-order valence-corrected chi connectivity index (χ0v) is 11.8. The highest BCUT2D eigenvalue weighted by Gasteiger charge is 2.06. The first-order valence-corrected chi connectivity index (χ1v) is 6.44. The van der Waals surface area contributed by atoms with Crippen LogP contribution in [0.1, 0.15) is 16.8 Å². The van der Waals surface area contributed by atoms with Crippen LogP contribution in [-0.2, 0) is 13.1 Å². The molecule has 0 saturated carbocycles. The molecule has 0 amide bonds. The summed E-state index contributed by atoms with van der Waals surface area (Å²) >= 11 is 9.55. The van der Waals surface area contributed by atoms with Crippen molar-refractivity contribution in [2.45, 2.75) is 20.0 Å². The second kappa shape index (κ2) is 5.21. The third-order valence-electron chi connectivity index (χ3n) is 2.62. The third-order valence-corrected chi connectivity index (χ3v) is 3.46. The fraction of sp³-hybridized carbons (Fsp3) is 0.250. The molecule has 0 spiro atoms. The highest BCUT2D eigenvalue weighted by Crippen LogP contribution is 2.22. The molecular formula is C12H13BrClN3. The van der Waals surface area contributed by atoms with Crippen molar-refractivity contribution in [3.05, 3.63) is 50.7 Å². The van der Waals surface area contributed by atoms with Crippen LogP contribution >= 0.6 is 27.5 Å². The van der Waals surface area contributed by atoms with Gasteiger partial charge in [-0.3, -0.25) is 4.68 Å². The lowest BCUT2D eigenvalue weighted by atomic mass is 10.2. The first-order valence-electron chi connectivity index (χ1n) is 5.27. The van der Waals surface area contributed by atoms with Gasteiger partial charge < -0.3 is 5.73 Å². The molecule has 0 unspecified atom stereocenters. The fourth-order valence-electron chi connectivity index (χ4n) is 1.66. The van der Waals surface area contributed by atoms with Crippen LogP contribution in [0.3, 0.4) is 0 Å². The maximum Gasteiger partial charge on any atom is 0.0674 e. The van der Waals surface area contributed by atoms with E-state index in [1.807, 2.05) is 36.0 Å². The zero-order chi connectivity index (χ0) is 12.4.